The van der Waals surface area contributed by atoms with Crippen molar-refractivity contribution in [2.24, 2.45) is 0 Å². The Morgan fingerprint density at radius 1 is 0.900 bits per heavy atom. The normalized spacial score (nSPS) is 14.9. The molecule has 0 aliphatic carbocycles. The third-order valence-electron chi connectivity index (χ3n) is 5.31. The number of methoxy groups -OCH3 is 1. The molecule has 3 aromatic rings. The van der Waals surface area contributed by atoms with Gasteiger partial charge in [-0.15, -0.1) is 0 Å². The van der Waals surface area contributed by atoms with Crippen LogP contribution in [0, 0.1) is 13.8 Å². The molecular weight excluding hydrogens is 394 g/mol. The van der Waals surface area contributed by atoms with Gasteiger partial charge >= 0.3 is 0 Å². The van der Waals surface area contributed by atoms with E-state index in [1.54, 1.807) is 12.0 Å². The summed E-state index contributed by atoms with van der Waals surface area (Å²) in [5.41, 5.74) is 6.52. The van der Waals surface area contributed by atoms with Crippen molar-refractivity contribution in [3.05, 3.63) is 106 Å². The van der Waals surface area contributed by atoms with Crippen LogP contribution < -0.4 is 9.64 Å². The fourth-order valence-corrected chi connectivity index (χ4v) is 3.58. The topological polar surface area (TPSA) is 29.5 Å². The number of amides is 1. The molecule has 0 bridgehead atoms. The number of carbonyl (C=O) groups is 1. The van der Waals surface area contributed by atoms with Gasteiger partial charge < -0.3 is 4.74 Å². The van der Waals surface area contributed by atoms with E-state index in [0.29, 0.717) is 10.6 Å². The average molecular weight is 416 g/mol. The summed E-state index contributed by atoms with van der Waals surface area (Å²) in [6.07, 6.45) is 3.84. The van der Waals surface area contributed by atoms with Crippen molar-refractivity contribution in [1.82, 2.24) is 0 Å². The molecule has 0 spiro atoms. The molecule has 0 N–H and O–H groups in total. The first-order valence-corrected chi connectivity index (χ1v) is 10.1. The molecule has 0 unspecified atom stereocenters. The lowest BCUT2D eigenvalue weighted by molar-refractivity contribution is -0.113. The minimum absolute atomic E-state index is 0.0565. The Hall–Kier alpha value is -3.30. The van der Waals surface area contributed by atoms with E-state index in [0.717, 1.165) is 33.8 Å². The van der Waals surface area contributed by atoms with Crippen molar-refractivity contribution in [2.45, 2.75) is 13.8 Å². The zero-order valence-electron chi connectivity index (χ0n) is 17.1. The van der Waals surface area contributed by atoms with Gasteiger partial charge in [-0.1, -0.05) is 41.9 Å². The third-order valence-corrected chi connectivity index (χ3v) is 5.56. The Kier molecular flexibility index (Phi) is 5.47. The number of benzene rings is 3. The van der Waals surface area contributed by atoms with Gasteiger partial charge in [-0.05, 0) is 84.7 Å². The molecule has 4 rings (SSSR count). The lowest BCUT2D eigenvalue weighted by Crippen LogP contribution is -2.25. The number of hydrogen-bond acceptors (Lipinski definition) is 2. The second-order valence-corrected chi connectivity index (χ2v) is 7.75. The first-order chi connectivity index (χ1) is 14.5. The van der Waals surface area contributed by atoms with Crippen LogP contribution in [0.2, 0.25) is 5.02 Å². The number of halogens is 1. The summed E-state index contributed by atoms with van der Waals surface area (Å²) in [6, 6.07) is 21.3. The summed E-state index contributed by atoms with van der Waals surface area (Å²) in [5, 5.41) is 0.662. The first-order valence-electron chi connectivity index (χ1n) is 9.71. The second kappa shape index (κ2) is 8.21. The molecule has 150 valence electrons. The van der Waals surface area contributed by atoms with Crippen molar-refractivity contribution >= 4 is 35.0 Å². The molecule has 1 amide bonds. The van der Waals surface area contributed by atoms with Crippen LogP contribution in [0.4, 0.5) is 5.69 Å². The molecular formula is C26H22ClNO2. The van der Waals surface area contributed by atoms with Gasteiger partial charge in [-0.2, -0.15) is 0 Å². The summed E-state index contributed by atoms with van der Waals surface area (Å²) in [7, 11) is 1.64. The maximum absolute atomic E-state index is 13.4. The zero-order valence-corrected chi connectivity index (χ0v) is 17.9. The Morgan fingerprint density at radius 2 is 1.60 bits per heavy atom. The van der Waals surface area contributed by atoms with Crippen LogP contribution in [0.3, 0.4) is 0 Å². The Bertz CT molecular complexity index is 1160. The molecule has 4 heteroatoms. The molecule has 3 nitrogen and oxygen atoms in total. The first kappa shape index (κ1) is 20.0. The highest BCUT2D eigenvalue weighted by Crippen LogP contribution is 2.36. The number of anilines is 1. The van der Waals surface area contributed by atoms with Crippen molar-refractivity contribution in [3.63, 3.8) is 0 Å². The van der Waals surface area contributed by atoms with Gasteiger partial charge in [0.25, 0.3) is 5.91 Å². The van der Waals surface area contributed by atoms with E-state index in [1.165, 1.54) is 5.56 Å². The lowest BCUT2D eigenvalue weighted by Gasteiger charge is -2.22. The number of nitrogens with zero attached hydrogens (tertiary/aromatic N) is 1. The van der Waals surface area contributed by atoms with Crippen LogP contribution in [-0.4, -0.2) is 13.0 Å². The number of ether oxygens (including phenoxy) is 1. The molecule has 0 saturated carbocycles. The molecule has 1 heterocycles. The van der Waals surface area contributed by atoms with E-state index in [1.807, 2.05) is 78.9 Å². The molecule has 3 aromatic carbocycles. The predicted molar refractivity (Wildman–Crippen MR) is 124 cm³/mol. The van der Waals surface area contributed by atoms with Gasteiger partial charge in [0.05, 0.1) is 12.8 Å². The van der Waals surface area contributed by atoms with Gasteiger partial charge in [-0.3, -0.25) is 9.69 Å². The molecule has 1 aliphatic heterocycles. The minimum Gasteiger partial charge on any atom is -0.497 e. The van der Waals surface area contributed by atoms with Gasteiger partial charge in [0.15, 0.2) is 0 Å². The van der Waals surface area contributed by atoms with Crippen LogP contribution in [0.5, 0.6) is 5.75 Å². The summed E-state index contributed by atoms with van der Waals surface area (Å²) in [4.78, 5) is 15.2. The van der Waals surface area contributed by atoms with Crippen molar-refractivity contribution in [3.8, 4) is 5.75 Å². The van der Waals surface area contributed by atoms with Crippen LogP contribution in [0.1, 0.15) is 22.3 Å². The number of rotatable bonds is 4. The maximum Gasteiger partial charge on any atom is 0.262 e. The molecule has 0 fully saturated rings. The fraction of sp³-hybridized carbons (Fsp3) is 0.115. The monoisotopic (exact) mass is 415 g/mol. The molecule has 0 aromatic heterocycles. The maximum atomic E-state index is 13.4. The van der Waals surface area contributed by atoms with E-state index < -0.39 is 0 Å². The SMILES string of the molecule is COc1ccc(/C=C2/C=C(c3ccc(Cl)cc3)N(c3ccc(C)c(C)c3)C2=O)cc1. The van der Waals surface area contributed by atoms with Crippen LogP contribution in [-0.2, 0) is 4.79 Å². The lowest BCUT2D eigenvalue weighted by atomic mass is 10.1. The Labute approximate surface area is 181 Å². The highest BCUT2D eigenvalue weighted by atomic mass is 35.5. The predicted octanol–water partition coefficient (Wildman–Crippen LogP) is 6.44. The fourth-order valence-electron chi connectivity index (χ4n) is 3.45. The van der Waals surface area contributed by atoms with Gasteiger partial charge in [0, 0.05) is 16.3 Å². The van der Waals surface area contributed by atoms with Crippen molar-refractivity contribution in [2.75, 3.05) is 12.0 Å². The van der Waals surface area contributed by atoms with E-state index in [9.17, 15) is 4.79 Å². The zero-order chi connectivity index (χ0) is 21.3. The van der Waals surface area contributed by atoms with E-state index in [-0.39, 0.29) is 5.91 Å². The summed E-state index contributed by atoms with van der Waals surface area (Å²) in [6.45, 7) is 4.12. The second-order valence-electron chi connectivity index (χ2n) is 7.32. The smallest absolute Gasteiger partial charge is 0.262 e. The number of hydrogen-bond donors (Lipinski definition) is 0. The van der Waals surface area contributed by atoms with Crippen LogP contribution >= 0.6 is 11.6 Å². The largest absolute Gasteiger partial charge is 0.497 e. The number of aryl methyl sites for hydroxylation is 2. The van der Waals surface area contributed by atoms with Crippen LogP contribution in [0.25, 0.3) is 11.8 Å². The highest BCUT2D eigenvalue weighted by Gasteiger charge is 2.30. The molecule has 0 atom stereocenters. The van der Waals surface area contributed by atoms with Gasteiger partial charge in [-0.25, -0.2) is 0 Å². The standard InChI is InChI=1S/C26H22ClNO2/c1-17-4-11-23(14-18(17)2)28-25(20-7-9-22(27)10-8-20)16-21(26(28)29)15-19-5-12-24(30-3)13-6-19/h4-16H,1-3H3/b21-15-. The molecule has 30 heavy (non-hydrogen) atoms. The molecule has 0 saturated heterocycles. The van der Waals surface area contributed by atoms with Crippen LogP contribution in [0.15, 0.2) is 78.4 Å². The van der Waals surface area contributed by atoms with E-state index >= 15 is 0 Å². The third kappa shape index (κ3) is 3.89. The van der Waals surface area contributed by atoms with Gasteiger partial charge in [0.2, 0.25) is 0 Å². The van der Waals surface area contributed by atoms with E-state index in [4.69, 9.17) is 16.3 Å². The average Bonchev–Trinajstić information content (AvgIpc) is 3.07. The summed E-state index contributed by atoms with van der Waals surface area (Å²) >= 11 is 6.08. The van der Waals surface area contributed by atoms with Crippen molar-refractivity contribution < 1.29 is 9.53 Å². The van der Waals surface area contributed by atoms with Crippen molar-refractivity contribution in [1.29, 1.82) is 0 Å². The Balaban J connectivity index is 1.80. The highest BCUT2D eigenvalue weighted by molar-refractivity contribution is 6.30. The number of carbonyl (C=O) groups excluding carboxylic acids is 1. The Morgan fingerprint density at radius 3 is 2.23 bits per heavy atom. The quantitative estimate of drug-likeness (QED) is 0.459. The van der Waals surface area contributed by atoms with E-state index in [2.05, 4.69) is 13.8 Å². The molecule has 0 radical (unpaired) electrons. The molecule has 1 aliphatic rings. The summed E-state index contributed by atoms with van der Waals surface area (Å²) in [5.74, 6) is 0.725. The van der Waals surface area contributed by atoms with Gasteiger partial charge in [0.1, 0.15) is 5.75 Å². The summed E-state index contributed by atoms with van der Waals surface area (Å²) < 4.78 is 5.22. The minimum atomic E-state index is -0.0565.